The topological polar surface area (TPSA) is 59.1 Å². The highest BCUT2D eigenvalue weighted by Crippen LogP contribution is 2.41. The first-order valence-corrected chi connectivity index (χ1v) is 10.4. The van der Waals surface area contributed by atoms with Gasteiger partial charge in [0.25, 0.3) is 5.91 Å². The highest BCUT2D eigenvalue weighted by Gasteiger charge is 2.33. The molecule has 1 saturated carbocycles. The van der Waals surface area contributed by atoms with Crippen LogP contribution in [0.25, 0.3) is 0 Å². The summed E-state index contributed by atoms with van der Waals surface area (Å²) >= 11 is 0. The number of para-hydroxylation sites is 1. The average Bonchev–Trinajstić information content (AvgIpc) is 3.32. The highest BCUT2D eigenvalue weighted by atomic mass is 16.5. The van der Waals surface area contributed by atoms with Gasteiger partial charge in [0.2, 0.25) is 5.91 Å². The van der Waals surface area contributed by atoms with Crippen LogP contribution in [-0.4, -0.2) is 60.0 Å². The summed E-state index contributed by atoms with van der Waals surface area (Å²) in [7, 11) is 0. The van der Waals surface area contributed by atoms with Gasteiger partial charge in [-0.1, -0.05) is 25.0 Å². The maximum absolute atomic E-state index is 12.6. The van der Waals surface area contributed by atoms with Crippen molar-refractivity contribution in [2.45, 2.75) is 51.6 Å². The smallest absolute Gasteiger partial charge is 0.260 e. The minimum Gasteiger partial charge on any atom is -0.483 e. The van der Waals surface area contributed by atoms with E-state index in [1.165, 1.54) is 0 Å². The molecule has 1 saturated heterocycles. The number of hydrogen-bond donors (Lipinski definition) is 0. The fourth-order valence-electron chi connectivity index (χ4n) is 4.54. The largest absolute Gasteiger partial charge is 0.483 e. The summed E-state index contributed by atoms with van der Waals surface area (Å²) in [6.45, 7) is 6.51. The number of benzene rings is 1. The molecule has 0 unspecified atom stereocenters. The molecule has 2 heterocycles. The van der Waals surface area contributed by atoms with Gasteiger partial charge in [-0.3, -0.25) is 9.59 Å². The Morgan fingerprint density at radius 2 is 1.79 bits per heavy atom. The molecule has 0 radical (unpaired) electrons. The van der Waals surface area contributed by atoms with E-state index < -0.39 is 0 Å². The van der Waals surface area contributed by atoms with Crippen LogP contribution in [0.2, 0.25) is 0 Å². The lowest BCUT2D eigenvalue weighted by molar-refractivity contribution is -0.142. The maximum Gasteiger partial charge on any atom is 0.260 e. The Bertz CT molecular complexity index is 747. The normalized spacial score (nSPS) is 21.4. The Hall–Kier alpha value is -2.24. The standard InChI is InChI=1S/C22H30N2O4/c1-22(2)14-17-8-5-9-18(20(17)28-22)27-15-19(25)23-10-12-24(13-11-23)21(26)16-6-3-4-7-16/h5,8-9,16H,3-4,6-7,10-15H2,1-2H3. The quantitative estimate of drug-likeness (QED) is 0.798. The Kier molecular flexibility index (Phi) is 5.21. The molecule has 0 N–H and O–H groups in total. The third-order valence-electron chi connectivity index (χ3n) is 6.05. The second-order valence-electron chi connectivity index (χ2n) is 8.76. The van der Waals surface area contributed by atoms with E-state index in [0.717, 1.165) is 43.4 Å². The zero-order valence-corrected chi connectivity index (χ0v) is 16.9. The van der Waals surface area contributed by atoms with Crippen LogP contribution in [0, 0.1) is 5.92 Å². The van der Waals surface area contributed by atoms with E-state index in [4.69, 9.17) is 9.47 Å². The average molecular weight is 386 g/mol. The number of carbonyl (C=O) groups is 2. The van der Waals surface area contributed by atoms with E-state index >= 15 is 0 Å². The molecule has 1 aliphatic carbocycles. The Morgan fingerprint density at radius 1 is 1.11 bits per heavy atom. The lowest BCUT2D eigenvalue weighted by atomic mass is 10.0. The monoisotopic (exact) mass is 386 g/mol. The minimum atomic E-state index is -0.242. The number of carbonyl (C=O) groups excluding carboxylic acids is 2. The Morgan fingerprint density at radius 3 is 2.50 bits per heavy atom. The van der Waals surface area contributed by atoms with Gasteiger partial charge >= 0.3 is 0 Å². The van der Waals surface area contributed by atoms with Gasteiger partial charge in [-0.2, -0.15) is 0 Å². The minimum absolute atomic E-state index is 0.00316. The zero-order valence-electron chi connectivity index (χ0n) is 16.9. The Balaban J connectivity index is 1.28. The number of nitrogens with zero attached hydrogens (tertiary/aromatic N) is 2. The van der Waals surface area contributed by atoms with Crippen LogP contribution in [-0.2, 0) is 16.0 Å². The van der Waals surface area contributed by atoms with Crippen molar-refractivity contribution in [1.82, 2.24) is 9.80 Å². The summed E-state index contributed by atoms with van der Waals surface area (Å²) in [6, 6.07) is 5.84. The molecule has 28 heavy (non-hydrogen) atoms. The third-order valence-corrected chi connectivity index (χ3v) is 6.05. The summed E-state index contributed by atoms with van der Waals surface area (Å²) in [5.74, 6) is 1.83. The maximum atomic E-state index is 12.6. The first-order chi connectivity index (χ1) is 13.4. The molecule has 2 fully saturated rings. The molecule has 4 rings (SSSR count). The van der Waals surface area contributed by atoms with E-state index in [0.29, 0.717) is 31.9 Å². The SMILES string of the molecule is CC1(C)Cc2cccc(OCC(=O)N3CCN(C(=O)C4CCCC4)CC3)c2O1. The molecule has 2 amide bonds. The van der Waals surface area contributed by atoms with E-state index in [2.05, 4.69) is 0 Å². The number of hydrogen-bond acceptors (Lipinski definition) is 4. The number of piperazine rings is 1. The van der Waals surface area contributed by atoms with Crippen molar-refractivity contribution < 1.29 is 19.1 Å². The predicted molar refractivity (Wildman–Crippen MR) is 105 cm³/mol. The van der Waals surface area contributed by atoms with Crippen LogP contribution >= 0.6 is 0 Å². The fraction of sp³-hybridized carbons (Fsp3) is 0.636. The molecule has 3 aliphatic rings. The van der Waals surface area contributed by atoms with Gasteiger partial charge in [-0.25, -0.2) is 0 Å². The van der Waals surface area contributed by atoms with E-state index in [1.807, 2.05) is 36.9 Å². The summed E-state index contributed by atoms with van der Waals surface area (Å²) < 4.78 is 11.8. The molecule has 0 bridgehead atoms. The molecule has 152 valence electrons. The van der Waals surface area contributed by atoms with E-state index in [9.17, 15) is 9.59 Å². The van der Waals surface area contributed by atoms with Gasteiger partial charge < -0.3 is 19.3 Å². The third kappa shape index (κ3) is 3.96. The van der Waals surface area contributed by atoms with Crippen molar-refractivity contribution in [2.24, 2.45) is 5.92 Å². The van der Waals surface area contributed by atoms with Crippen LogP contribution in [0.4, 0.5) is 0 Å². The highest BCUT2D eigenvalue weighted by molar-refractivity contribution is 5.80. The number of fused-ring (bicyclic) bond motifs is 1. The number of rotatable bonds is 4. The molecule has 2 aliphatic heterocycles. The van der Waals surface area contributed by atoms with E-state index in [-0.39, 0.29) is 29.9 Å². The van der Waals surface area contributed by atoms with Crippen molar-refractivity contribution in [2.75, 3.05) is 32.8 Å². The Labute approximate surface area is 166 Å². The summed E-state index contributed by atoms with van der Waals surface area (Å²) in [4.78, 5) is 28.8. The van der Waals surface area contributed by atoms with Gasteiger partial charge in [0.15, 0.2) is 18.1 Å². The summed E-state index contributed by atoms with van der Waals surface area (Å²) in [5, 5.41) is 0. The van der Waals surface area contributed by atoms with Gasteiger partial charge in [0.1, 0.15) is 5.60 Å². The number of ether oxygens (including phenoxy) is 2. The lowest BCUT2D eigenvalue weighted by Gasteiger charge is -2.36. The van der Waals surface area contributed by atoms with Gasteiger partial charge in [0.05, 0.1) is 0 Å². The first kappa shape index (κ1) is 19.1. The van der Waals surface area contributed by atoms with Gasteiger partial charge in [0, 0.05) is 44.1 Å². The van der Waals surface area contributed by atoms with Crippen LogP contribution in [0.15, 0.2) is 18.2 Å². The van der Waals surface area contributed by atoms with Crippen molar-refractivity contribution in [3.8, 4) is 11.5 Å². The van der Waals surface area contributed by atoms with Crippen molar-refractivity contribution in [3.05, 3.63) is 23.8 Å². The van der Waals surface area contributed by atoms with Crippen molar-refractivity contribution >= 4 is 11.8 Å². The van der Waals surface area contributed by atoms with Crippen LogP contribution in [0.5, 0.6) is 11.5 Å². The molecule has 1 aromatic carbocycles. The van der Waals surface area contributed by atoms with E-state index in [1.54, 1.807) is 4.90 Å². The molecular formula is C22H30N2O4. The second kappa shape index (κ2) is 7.64. The molecule has 0 aromatic heterocycles. The summed E-state index contributed by atoms with van der Waals surface area (Å²) in [5.41, 5.74) is 0.877. The lowest BCUT2D eigenvalue weighted by Crippen LogP contribution is -2.52. The fourth-order valence-corrected chi connectivity index (χ4v) is 4.54. The molecule has 1 aromatic rings. The molecule has 0 atom stereocenters. The van der Waals surface area contributed by atoms with Crippen LogP contribution in [0.3, 0.4) is 0 Å². The first-order valence-electron chi connectivity index (χ1n) is 10.4. The second-order valence-corrected chi connectivity index (χ2v) is 8.76. The van der Waals surface area contributed by atoms with Gasteiger partial charge in [-0.05, 0) is 32.8 Å². The molecule has 0 spiro atoms. The molecular weight excluding hydrogens is 356 g/mol. The van der Waals surface area contributed by atoms with Crippen LogP contribution < -0.4 is 9.47 Å². The van der Waals surface area contributed by atoms with Crippen molar-refractivity contribution in [3.63, 3.8) is 0 Å². The number of amides is 2. The predicted octanol–water partition coefficient (Wildman–Crippen LogP) is 2.64. The molecule has 6 nitrogen and oxygen atoms in total. The van der Waals surface area contributed by atoms with Crippen LogP contribution in [0.1, 0.15) is 45.1 Å². The van der Waals surface area contributed by atoms with Gasteiger partial charge in [-0.15, -0.1) is 0 Å². The molecule has 6 heteroatoms. The zero-order chi connectivity index (χ0) is 19.7. The summed E-state index contributed by atoms with van der Waals surface area (Å²) in [6.07, 6.45) is 5.20. The van der Waals surface area contributed by atoms with Crippen molar-refractivity contribution in [1.29, 1.82) is 0 Å².